The quantitative estimate of drug-likeness (QED) is 0.451. The third-order valence-corrected chi connectivity index (χ3v) is 2.62. The third-order valence-electron chi connectivity index (χ3n) is 2.62. The molecule has 2 atom stereocenters. The molecule has 2 unspecified atom stereocenters. The third kappa shape index (κ3) is 4.62. The molecule has 5 nitrogen and oxygen atoms in total. The van der Waals surface area contributed by atoms with E-state index in [0.717, 1.165) is 6.54 Å². The number of nitrogens with two attached hydrogens (primary N) is 2. The molecule has 17 heavy (non-hydrogen) atoms. The Labute approximate surface area is 101 Å². The van der Waals surface area contributed by atoms with Crippen LogP contribution in [-0.4, -0.2) is 62.5 Å². The van der Waals surface area contributed by atoms with Crippen molar-refractivity contribution >= 4 is 12.1 Å². The van der Waals surface area contributed by atoms with Gasteiger partial charge in [0.25, 0.3) is 0 Å². The van der Waals surface area contributed by atoms with E-state index in [9.17, 15) is 4.39 Å². The molecule has 0 radical (unpaired) electrons. The Bertz CT molecular complexity index is 306. The van der Waals surface area contributed by atoms with E-state index in [2.05, 4.69) is 9.89 Å². The number of nitrogens with zero attached hydrogens (tertiary/aromatic N) is 2. The summed E-state index contributed by atoms with van der Waals surface area (Å²) >= 11 is 0. The largest absolute Gasteiger partial charge is 0.386 e. The van der Waals surface area contributed by atoms with E-state index in [1.807, 2.05) is 7.05 Å². The highest BCUT2D eigenvalue weighted by Crippen LogP contribution is 2.04. The molecule has 1 fully saturated rings. The number of amidine groups is 1. The summed E-state index contributed by atoms with van der Waals surface area (Å²) in [5.41, 5.74) is 5.82. The van der Waals surface area contributed by atoms with E-state index in [4.69, 9.17) is 15.9 Å². The van der Waals surface area contributed by atoms with Crippen LogP contribution in [0.5, 0.6) is 0 Å². The highest BCUT2D eigenvalue weighted by atomic mass is 19.1. The summed E-state index contributed by atoms with van der Waals surface area (Å²) in [4.78, 5) is 6.10. The lowest BCUT2D eigenvalue weighted by molar-refractivity contribution is -0.104. The van der Waals surface area contributed by atoms with Crippen molar-refractivity contribution in [1.29, 1.82) is 0 Å². The van der Waals surface area contributed by atoms with Crippen LogP contribution in [0, 0.1) is 0 Å². The van der Waals surface area contributed by atoms with Crippen molar-refractivity contribution < 1.29 is 14.5 Å². The van der Waals surface area contributed by atoms with E-state index in [1.54, 1.807) is 0 Å². The van der Waals surface area contributed by atoms with Gasteiger partial charge in [-0.2, -0.15) is 0 Å². The Morgan fingerprint density at radius 2 is 2.53 bits per heavy atom. The van der Waals surface area contributed by atoms with Gasteiger partial charge in [0.15, 0.2) is 6.21 Å². The second kappa shape index (κ2) is 7.13. The lowest BCUT2D eigenvalue weighted by Gasteiger charge is -2.31. The first-order valence-corrected chi connectivity index (χ1v) is 5.58. The number of morpholine rings is 1. The minimum Gasteiger partial charge on any atom is -0.386 e. The van der Waals surface area contributed by atoms with Gasteiger partial charge < -0.3 is 10.5 Å². The molecule has 6 heteroatoms. The average Bonchev–Trinajstić information content (AvgIpc) is 2.34. The van der Waals surface area contributed by atoms with E-state index in [0.29, 0.717) is 19.0 Å². The standard InChI is InChI=1S/C11H19FN4O/c1-16-5-6-17-8-10(16)11(14)15-7-9(12)3-2-4-13/h2-4,9-10,13H,5-8H2,1H3,(H2,14,15)/p+1/b3-2-,13-4?. The summed E-state index contributed by atoms with van der Waals surface area (Å²) in [5.74, 6) is 0.417. The molecule has 1 aliphatic rings. The molecule has 0 bridgehead atoms. The fraction of sp³-hybridized carbons (Fsp3) is 0.636. The van der Waals surface area contributed by atoms with Gasteiger partial charge in [-0.25, -0.2) is 4.39 Å². The normalized spacial score (nSPS) is 25.1. The predicted molar refractivity (Wildman–Crippen MR) is 65.8 cm³/mol. The van der Waals surface area contributed by atoms with Crippen LogP contribution in [0.3, 0.4) is 0 Å². The molecule has 0 saturated carbocycles. The first-order valence-electron chi connectivity index (χ1n) is 5.58. The van der Waals surface area contributed by atoms with E-state index >= 15 is 0 Å². The van der Waals surface area contributed by atoms with Gasteiger partial charge in [0.1, 0.15) is 12.0 Å². The number of rotatable bonds is 5. The highest BCUT2D eigenvalue weighted by Gasteiger charge is 2.22. The van der Waals surface area contributed by atoms with E-state index in [-0.39, 0.29) is 12.6 Å². The molecule has 4 N–H and O–H groups in total. The molecular weight excluding hydrogens is 223 g/mol. The molecule has 0 aromatic carbocycles. The second-order valence-corrected chi connectivity index (χ2v) is 3.93. The first kappa shape index (κ1) is 13.8. The van der Waals surface area contributed by atoms with Gasteiger partial charge in [-0.05, 0) is 13.1 Å². The maximum atomic E-state index is 13.2. The zero-order chi connectivity index (χ0) is 12.7. The Morgan fingerprint density at radius 1 is 1.76 bits per heavy atom. The smallest absolute Gasteiger partial charge is 0.159 e. The van der Waals surface area contributed by atoms with Gasteiger partial charge in [0.2, 0.25) is 0 Å². The van der Waals surface area contributed by atoms with Crippen LogP contribution in [0.4, 0.5) is 4.39 Å². The molecule has 0 aliphatic carbocycles. The molecule has 1 aliphatic heterocycles. The number of allylic oxidation sites excluding steroid dienone is 1. The zero-order valence-corrected chi connectivity index (χ0v) is 10.1. The Balaban J connectivity index is 2.47. The average molecular weight is 243 g/mol. The maximum absolute atomic E-state index is 13.2. The van der Waals surface area contributed by atoms with Crippen LogP contribution in [0.25, 0.3) is 0 Å². The molecule has 0 amide bonds. The van der Waals surface area contributed by atoms with Crippen molar-refractivity contribution in [2.75, 3.05) is 33.4 Å². The Hall–Kier alpha value is -1.27. The van der Waals surface area contributed by atoms with Gasteiger partial charge >= 0.3 is 0 Å². The van der Waals surface area contributed by atoms with Crippen LogP contribution in [0.2, 0.25) is 0 Å². The van der Waals surface area contributed by atoms with E-state index < -0.39 is 6.17 Å². The van der Waals surface area contributed by atoms with Crippen molar-refractivity contribution in [3.8, 4) is 0 Å². The topological polar surface area (TPSA) is 76.4 Å². The van der Waals surface area contributed by atoms with Crippen molar-refractivity contribution in [1.82, 2.24) is 4.90 Å². The van der Waals surface area contributed by atoms with Crippen molar-refractivity contribution in [2.45, 2.75) is 12.2 Å². The van der Waals surface area contributed by atoms with Gasteiger partial charge in [0.05, 0.1) is 25.8 Å². The predicted octanol–water partition coefficient (Wildman–Crippen LogP) is -1.60. The summed E-state index contributed by atoms with van der Waals surface area (Å²) in [6.07, 6.45) is 2.91. The lowest BCUT2D eigenvalue weighted by atomic mass is 10.2. The number of likely N-dealkylation sites (N-methyl/N-ethyl adjacent to an activating group) is 1. The van der Waals surface area contributed by atoms with Crippen LogP contribution < -0.4 is 11.1 Å². The molecule has 1 saturated heterocycles. The minimum absolute atomic E-state index is 0.0144. The number of aliphatic imine (C=N–C) groups is 1. The van der Waals surface area contributed by atoms with Crippen molar-refractivity contribution in [3.05, 3.63) is 12.2 Å². The van der Waals surface area contributed by atoms with Gasteiger partial charge in [-0.1, -0.05) is 0 Å². The summed E-state index contributed by atoms with van der Waals surface area (Å²) < 4.78 is 18.6. The zero-order valence-electron chi connectivity index (χ0n) is 10.1. The van der Waals surface area contributed by atoms with Gasteiger partial charge in [-0.3, -0.25) is 15.3 Å². The van der Waals surface area contributed by atoms with Crippen LogP contribution in [0.15, 0.2) is 17.1 Å². The SMILES string of the molecule is CN1CCOCC1C(N)=NCC(F)/C=C\C=[NH2+]. The molecule has 0 spiro atoms. The minimum atomic E-state index is -1.16. The number of halogens is 1. The van der Waals surface area contributed by atoms with Crippen LogP contribution in [-0.2, 0) is 4.74 Å². The van der Waals surface area contributed by atoms with Crippen LogP contribution >= 0.6 is 0 Å². The number of hydrogen-bond donors (Lipinski definition) is 2. The Kier molecular flexibility index (Phi) is 5.79. The highest BCUT2D eigenvalue weighted by molar-refractivity contribution is 5.86. The monoisotopic (exact) mass is 243 g/mol. The Morgan fingerprint density at radius 3 is 3.18 bits per heavy atom. The van der Waals surface area contributed by atoms with Gasteiger partial charge in [-0.15, -0.1) is 0 Å². The number of ether oxygens (including phenoxy) is 1. The summed E-state index contributed by atoms with van der Waals surface area (Å²) in [7, 11) is 1.95. The lowest BCUT2D eigenvalue weighted by Crippen LogP contribution is -2.50. The van der Waals surface area contributed by atoms with Crippen molar-refractivity contribution in [2.24, 2.45) is 10.7 Å². The summed E-state index contributed by atoms with van der Waals surface area (Å²) in [5, 5.41) is 5.11. The van der Waals surface area contributed by atoms with Crippen molar-refractivity contribution in [3.63, 3.8) is 0 Å². The van der Waals surface area contributed by atoms with Gasteiger partial charge in [0, 0.05) is 12.6 Å². The molecule has 1 heterocycles. The molecule has 96 valence electrons. The molecular formula is C11H20FN4O+. The molecule has 0 aromatic rings. The molecule has 1 rings (SSSR count). The van der Waals surface area contributed by atoms with E-state index in [1.165, 1.54) is 18.4 Å². The number of hydrogen-bond acceptors (Lipinski definition) is 3. The maximum Gasteiger partial charge on any atom is 0.159 e. The van der Waals surface area contributed by atoms with Crippen LogP contribution in [0.1, 0.15) is 0 Å². The second-order valence-electron chi connectivity index (χ2n) is 3.93. The summed E-state index contributed by atoms with van der Waals surface area (Å²) in [6.45, 7) is 2.03. The number of alkyl halides is 1. The summed E-state index contributed by atoms with van der Waals surface area (Å²) in [6, 6.07) is -0.0546. The fourth-order valence-electron chi connectivity index (χ4n) is 1.54. The molecule has 0 aromatic heterocycles. The first-order chi connectivity index (χ1) is 8.15. The fourth-order valence-corrected chi connectivity index (χ4v) is 1.54.